The lowest BCUT2D eigenvalue weighted by atomic mass is 10.1. The normalized spacial score (nSPS) is 25.8. The number of carbonyl (C=O) groups excluding carboxylic acids is 1. The van der Waals surface area contributed by atoms with Crippen LogP contribution < -0.4 is 5.32 Å². The van der Waals surface area contributed by atoms with Gasteiger partial charge in [0.2, 0.25) is 0 Å². The van der Waals surface area contributed by atoms with Gasteiger partial charge in [0.15, 0.2) is 0 Å². The molecule has 1 heterocycles. The summed E-state index contributed by atoms with van der Waals surface area (Å²) in [6.07, 6.45) is 1.82. The predicted octanol–water partition coefficient (Wildman–Crippen LogP) is 2.38. The summed E-state index contributed by atoms with van der Waals surface area (Å²) in [4.78, 5) is 14.0. The highest BCUT2D eigenvalue weighted by Gasteiger charge is 2.32. The fraction of sp³-hybridized carbons (Fsp3) is 0.923. The molecule has 2 atom stereocenters. The third-order valence-electron chi connectivity index (χ3n) is 3.09. The van der Waals surface area contributed by atoms with Crippen molar-refractivity contribution in [3.05, 3.63) is 0 Å². The minimum Gasteiger partial charge on any atom is -0.444 e. The number of amides is 1. The van der Waals surface area contributed by atoms with E-state index in [9.17, 15) is 4.79 Å². The molecule has 0 bridgehead atoms. The summed E-state index contributed by atoms with van der Waals surface area (Å²) in [7, 11) is 0. The lowest BCUT2D eigenvalue weighted by Crippen LogP contribution is -2.58. The van der Waals surface area contributed by atoms with Crippen molar-refractivity contribution in [2.24, 2.45) is 0 Å². The highest BCUT2D eigenvalue weighted by atomic mass is 16.6. The number of carbonyl (C=O) groups is 1. The summed E-state index contributed by atoms with van der Waals surface area (Å²) in [5, 5.41) is 3.47. The summed E-state index contributed by atoms with van der Waals surface area (Å²) in [5.41, 5.74) is -0.415. The highest BCUT2D eigenvalue weighted by Crippen LogP contribution is 2.17. The molecule has 1 aliphatic rings. The Balaban J connectivity index is 2.66. The van der Waals surface area contributed by atoms with Crippen molar-refractivity contribution >= 4 is 6.09 Å². The van der Waals surface area contributed by atoms with E-state index < -0.39 is 5.60 Å². The molecule has 1 rings (SSSR count). The van der Waals surface area contributed by atoms with Crippen LogP contribution in [0.5, 0.6) is 0 Å². The quantitative estimate of drug-likeness (QED) is 0.808. The van der Waals surface area contributed by atoms with Gasteiger partial charge in [0.25, 0.3) is 0 Å². The highest BCUT2D eigenvalue weighted by molar-refractivity contribution is 5.68. The number of hydrogen-bond acceptors (Lipinski definition) is 3. The predicted molar refractivity (Wildman–Crippen MR) is 69.1 cm³/mol. The minimum absolute atomic E-state index is 0.177. The summed E-state index contributed by atoms with van der Waals surface area (Å²) in [6.45, 7) is 11.6. The van der Waals surface area contributed by atoms with Gasteiger partial charge in [0, 0.05) is 25.2 Å². The lowest BCUT2D eigenvalue weighted by Gasteiger charge is -2.40. The van der Waals surface area contributed by atoms with Crippen LogP contribution in [0.3, 0.4) is 0 Å². The van der Waals surface area contributed by atoms with Crippen LogP contribution in [-0.4, -0.2) is 41.8 Å². The topological polar surface area (TPSA) is 41.6 Å². The van der Waals surface area contributed by atoms with E-state index in [1.54, 1.807) is 0 Å². The minimum atomic E-state index is -0.415. The third kappa shape index (κ3) is 4.19. The Morgan fingerprint density at radius 1 is 1.35 bits per heavy atom. The lowest BCUT2D eigenvalue weighted by molar-refractivity contribution is 0.00684. The Bertz CT molecular complexity index is 261. The number of nitrogens with zero attached hydrogens (tertiary/aromatic N) is 1. The largest absolute Gasteiger partial charge is 0.444 e. The molecule has 17 heavy (non-hydrogen) atoms. The number of ether oxygens (including phenoxy) is 1. The van der Waals surface area contributed by atoms with Crippen LogP contribution in [0, 0.1) is 0 Å². The summed E-state index contributed by atoms with van der Waals surface area (Å²) < 4.78 is 5.46. The Labute approximate surface area is 105 Å². The van der Waals surface area contributed by atoms with E-state index in [4.69, 9.17) is 4.74 Å². The molecule has 0 aromatic heterocycles. The van der Waals surface area contributed by atoms with Gasteiger partial charge < -0.3 is 15.0 Å². The molecule has 0 aliphatic carbocycles. The van der Waals surface area contributed by atoms with E-state index in [0.29, 0.717) is 6.04 Å². The molecule has 0 aromatic rings. The van der Waals surface area contributed by atoms with Crippen molar-refractivity contribution in [2.45, 2.75) is 65.1 Å². The molecule has 100 valence electrons. The second-order valence-electron chi connectivity index (χ2n) is 5.71. The first kappa shape index (κ1) is 14.3. The Morgan fingerprint density at radius 2 is 2.00 bits per heavy atom. The fourth-order valence-corrected chi connectivity index (χ4v) is 2.05. The van der Waals surface area contributed by atoms with Gasteiger partial charge in [-0.1, -0.05) is 13.8 Å². The fourth-order valence-electron chi connectivity index (χ4n) is 2.05. The third-order valence-corrected chi connectivity index (χ3v) is 3.09. The van der Waals surface area contributed by atoms with E-state index in [2.05, 4.69) is 19.2 Å². The molecule has 4 heteroatoms. The van der Waals surface area contributed by atoms with Crippen LogP contribution in [0.1, 0.15) is 47.5 Å². The Kier molecular flexibility index (Phi) is 4.80. The molecule has 1 fully saturated rings. The number of nitrogens with one attached hydrogen (secondary N) is 1. The SMILES string of the molecule is CC[C@H]1CN(C(=O)OC(C)(C)C)[C@@H](CC)CN1. The second-order valence-corrected chi connectivity index (χ2v) is 5.71. The van der Waals surface area contributed by atoms with Crippen LogP contribution in [0.25, 0.3) is 0 Å². The first-order valence-corrected chi connectivity index (χ1v) is 6.60. The average Bonchev–Trinajstić information content (AvgIpc) is 2.25. The van der Waals surface area contributed by atoms with Crippen molar-refractivity contribution in [1.82, 2.24) is 10.2 Å². The summed E-state index contributed by atoms with van der Waals surface area (Å²) in [5.74, 6) is 0. The molecule has 1 saturated heterocycles. The smallest absolute Gasteiger partial charge is 0.410 e. The van der Waals surface area contributed by atoms with E-state index in [-0.39, 0.29) is 12.1 Å². The standard InChI is InChI=1S/C13H26N2O2/c1-6-10-9-15(11(7-2)8-14-10)12(16)17-13(3,4)5/h10-11,14H,6-9H2,1-5H3/t10-,11-/m0/s1. The van der Waals surface area contributed by atoms with Gasteiger partial charge in [-0.3, -0.25) is 0 Å². The van der Waals surface area contributed by atoms with Crippen LogP contribution in [0.4, 0.5) is 4.79 Å². The van der Waals surface area contributed by atoms with Crippen molar-refractivity contribution in [3.8, 4) is 0 Å². The van der Waals surface area contributed by atoms with Gasteiger partial charge in [-0.2, -0.15) is 0 Å². The molecule has 0 aromatic carbocycles. The van der Waals surface area contributed by atoms with Crippen LogP contribution >= 0.6 is 0 Å². The molecule has 0 radical (unpaired) electrons. The van der Waals surface area contributed by atoms with Crippen LogP contribution in [-0.2, 0) is 4.74 Å². The molecule has 1 N–H and O–H groups in total. The first-order valence-electron chi connectivity index (χ1n) is 6.60. The van der Waals surface area contributed by atoms with Crippen molar-refractivity contribution in [1.29, 1.82) is 0 Å². The molecule has 4 nitrogen and oxygen atoms in total. The molecule has 1 aliphatic heterocycles. The van der Waals surface area contributed by atoms with Gasteiger partial charge >= 0.3 is 6.09 Å². The van der Waals surface area contributed by atoms with E-state index >= 15 is 0 Å². The molecular formula is C13H26N2O2. The number of rotatable bonds is 2. The Morgan fingerprint density at radius 3 is 2.47 bits per heavy atom. The van der Waals surface area contributed by atoms with Crippen molar-refractivity contribution in [3.63, 3.8) is 0 Å². The van der Waals surface area contributed by atoms with Gasteiger partial charge in [0.05, 0.1) is 0 Å². The van der Waals surface area contributed by atoms with Gasteiger partial charge in [-0.25, -0.2) is 4.79 Å². The van der Waals surface area contributed by atoms with E-state index in [1.165, 1.54) is 0 Å². The van der Waals surface area contributed by atoms with Crippen molar-refractivity contribution in [2.75, 3.05) is 13.1 Å². The van der Waals surface area contributed by atoms with Crippen LogP contribution in [0.2, 0.25) is 0 Å². The van der Waals surface area contributed by atoms with E-state index in [1.807, 2.05) is 25.7 Å². The molecule has 0 spiro atoms. The van der Waals surface area contributed by atoms with Gasteiger partial charge in [-0.05, 0) is 33.6 Å². The van der Waals surface area contributed by atoms with Gasteiger partial charge in [-0.15, -0.1) is 0 Å². The number of hydrogen-bond donors (Lipinski definition) is 1. The molecular weight excluding hydrogens is 216 g/mol. The monoisotopic (exact) mass is 242 g/mol. The molecule has 0 unspecified atom stereocenters. The van der Waals surface area contributed by atoms with Crippen molar-refractivity contribution < 1.29 is 9.53 Å². The maximum atomic E-state index is 12.1. The molecule has 0 saturated carbocycles. The summed E-state index contributed by atoms with van der Waals surface area (Å²) >= 11 is 0. The van der Waals surface area contributed by atoms with E-state index in [0.717, 1.165) is 25.9 Å². The van der Waals surface area contributed by atoms with Gasteiger partial charge in [0.1, 0.15) is 5.60 Å². The maximum absolute atomic E-state index is 12.1. The Hall–Kier alpha value is -0.770. The zero-order chi connectivity index (χ0) is 13.1. The zero-order valence-corrected chi connectivity index (χ0v) is 11.7. The maximum Gasteiger partial charge on any atom is 0.410 e. The molecule has 1 amide bonds. The number of piperazine rings is 1. The average molecular weight is 242 g/mol. The summed E-state index contributed by atoms with van der Waals surface area (Å²) in [6, 6.07) is 0.651. The zero-order valence-electron chi connectivity index (χ0n) is 11.7. The second kappa shape index (κ2) is 5.71. The first-order chi connectivity index (χ1) is 7.87. The van der Waals surface area contributed by atoms with Crippen LogP contribution in [0.15, 0.2) is 0 Å².